The summed E-state index contributed by atoms with van der Waals surface area (Å²) in [5.74, 6) is -0.159. The van der Waals surface area contributed by atoms with Gasteiger partial charge in [0, 0.05) is 17.6 Å². The Hall–Kier alpha value is -2.66. The van der Waals surface area contributed by atoms with Crippen molar-refractivity contribution < 1.29 is 4.79 Å². The molecular weight excluding hydrogens is 330 g/mol. The lowest BCUT2D eigenvalue weighted by atomic mass is 10.1. The molecule has 0 saturated heterocycles. The van der Waals surface area contributed by atoms with Crippen molar-refractivity contribution in [1.29, 1.82) is 0 Å². The lowest BCUT2D eigenvalue weighted by Gasteiger charge is -2.07. The third-order valence-corrected chi connectivity index (χ3v) is 4.82. The molecule has 0 spiro atoms. The predicted octanol–water partition coefficient (Wildman–Crippen LogP) is 4.74. The second-order valence-corrected chi connectivity index (χ2v) is 6.95. The molecule has 0 bridgehead atoms. The fourth-order valence-corrected chi connectivity index (χ4v) is 3.28. The largest absolute Gasteiger partial charge is 0.347 e. The quantitative estimate of drug-likeness (QED) is 0.698. The zero-order valence-corrected chi connectivity index (χ0v) is 15.4. The average Bonchev–Trinajstić information content (AvgIpc) is 3.05. The van der Waals surface area contributed by atoms with Crippen LogP contribution in [-0.4, -0.2) is 10.9 Å². The Morgan fingerprint density at radius 2 is 1.88 bits per heavy atom. The number of thiazole rings is 1. The summed E-state index contributed by atoms with van der Waals surface area (Å²) in [5, 5.41) is 8.71. The molecule has 4 nitrogen and oxygen atoms in total. The van der Waals surface area contributed by atoms with Gasteiger partial charge < -0.3 is 10.6 Å². The Balaban J connectivity index is 1.64. The van der Waals surface area contributed by atoms with E-state index < -0.39 is 0 Å². The average molecular weight is 351 g/mol. The molecule has 2 N–H and O–H groups in total. The van der Waals surface area contributed by atoms with Crippen LogP contribution in [0.15, 0.2) is 47.8 Å². The Morgan fingerprint density at radius 3 is 2.64 bits per heavy atom. The summed E-state index contributed by atoms with van der Waals surface area (Å²) < 4.78 is 0. The summed E-state index contributed by atoms with van der Waals surface area (Å²) in [5.41, 5.74) is 6.09. The molecule has 128 valence electrons. The SMILES string of the molecule is Cc1ccc(Nc2nc(C(=O)NCc3ccccc3C)cs2)c(C)c1. The first-order valence-electron chi connectivity index (χ1n) is 8.15. The van der Waals surface area contributed by atoms with Crippen molar-refractivity contribution in [3.63, 3.8) is 0 Å². The molecule has 0 fully saturated rings. The van der Waals surface area contributed by atoms with E-state index in [1.165, 1.54) is 22.5 Å². The number of benzene rings is 2. The molecule has 1 amide bonds. The smallest absolute Gasteiger partial charge is 0.271 e. The highest BCUT2D eigenvalue weighted by atomic mass is 32.1. The summed E-state index contributed by atoms with van der Waals surface area (Å²) in [6, 6.07) is 14.2. The highest BCUT2D eigenvalue weighted by Gasteiger charge is 2.11. The van der Waals surface area contributed by atoms with Gasteiger partial charge >= 0.3 is 0 Å². The van der Waals surface area contributed by atoms with Crippen molar-refractivity contribution >= 4 is 28.1 Å². The molecule has 3 aromatic rings. The van der Waals surface area contributed by atoms with Crippen molar-refractivity contribution in [1.82, 2.24) is 10.3 Å². The Kier molecular flexibility index (Phi) is 5.14. The minimum Gasteiger partial charge on any atom is -0.347 e. The molecule has 25 heavy (non-hydrogen) atoms. The fraction of sp³-hybridized carbons (Fsp3) is 0.200. The summed E-state index contributed by atoms with van der Waals surface area (Å²) in [6.07, 6.45) is 0. The van der Waals surface area contributed by atoms with Gasteiger partial charge in [0.1, 0.15) is 5.69 Å². The molecule has 0 aliphatic heterocycles. The molecular formula is C20H21N3OS. The minimum absolute atomic E-state index is 0.159. The van der Waals surface area contributed by atoms with Gasteiger partial charge in [-0.05, 0) is 43.5 Å². The maximum atomic E-state index is 12.3. The van der Waals surface area contributed by atoms with E-state index in [0.717, 1.165) is 16.8 Å². The predicted molar refractivity (Wildman–Crippen MR) is 104 cm³/mol. The molecule has 3 rings (SSSR count). The van der Waals surface area contributed by atoms with Crippen LogP contribution in [0.1, 0.15) is 32.7 Å². The molecule has 5 heteroatoms. The molecule has 2 aromatic carbocycles. The summed E-state index contributed by atoms with van der Waals surface area (Å²) >= 11 is 1.43. The Morgan fingerprint density at radius 1 is 1.08 bits per heavy atom. The number of carbonyl (C=O) groups is 1. The van der Waals surface area contributed by atoms with Gasteiger partial charge in [0.05, 0.1) is 0 Å². The lowest BCUT2D eigenvalue weighted by Crippen LogP contribution is -2.23. The maximum Gasteiger partial charge on any atom is 0.271 e. The van der Waals surface area contributed by atoms with Crippen LogP contribution in [0, 0.1) is 20.8 Å². The van der Waals surface area contributed by atoms with E-state index in [0.29, 0.717) is 17.4 Å². The second kappa shape index (κ2) is 7.49. The van der Waals surface area contributed by atoms with E-state index >= 15 is 0 Å². The van der Waals surface area contributed by atoms with Gasteiger partial charge in [-0.15, -0.1) is 11.3 Å². The monoisotopic (exact) mass is 351 g/mol. The van der Waals surface area contributed by atoms with E-state index in [1.54, 1.807) is 5.38 Å². The molecule has 0 saturated carbocycles. The molecule has 1 heterocycles. The molecule has 0 aliphatic carbocycles. The van der Waals surface area contributed by atoms with E-state index in [2.05, 4.69) is 41.6 Å². The zero-order chi connectivity index (χ0) is 17.8. The third kappa shape index (κ3) is 4.25. The van der Waals surface area contributed by atoms with Crippen LogP contribution in [-0.2, 0) is 6.54 Å². The van der Waals surface area contributed by atoms with Crippen molar-refractivity contribution in [3.05, 3.63) is 75.8 Å². The molecule has 0 unspecified atom stereocenters. The van der Waals surface area contributed by atoms with Gasteiger partial charge in [-0.3, -0.25) is 4.79 Å². The number of hydrogen-bond donors (Lipinski definition) is 2. The van der Waals surface area contributed by atoms with Crippen LogP contribution in [0.25, 0.3) is 0 Å². The van der Waals surface area contributed by atoms with Crippen molar-refractivity contribution in [2.45, 2.75) is 27.3 Å². The Bertz CT molecular complexity index is 901. The number of rotatable bonds is 5. The first kappa shape index (κ1) is 17.2. The number of amides is 1. The van der Waals surface area contributed by atoms with E-state index in [4.69, 9.17) is 0 Å². The number of anilines is 2. The normalized spacial score (nSPS) is 10.5. The van der Waals surface area contributed by atoms with Gasteiger partial charge in [-0.25, -0.2) is 4.98 Å². The van der Waals surface area contributed by atoms with Crippen LogP contribution in [0.3, 0.4) is 0 Å². The highest BCUT2D eigenvalue weighted by Crippen LogP contribution is 2.24. The molecule has 0 atom stereocenters. The first-order chi connectivity index (χ1) is 12.0. The minimum atomic E-state index is -0.159. The standard InChI is InChI=1S/C20H21N3OS/c1-13-8-9-17(15(3)10-13)22-20-23-18(12-25-20)19(24)21-11-16-7-5-4-6-14(16)2/h4-10,12H,11H2,1-3H3,(H,21,24)(H,22,23). The van der Waals surface area contributed by atoms with Crippen LogP contribution < -0.4 is 10.6 Å². The molecule has 0 aliphatic rings. The van der Waals surface area contributed by atoms with Crippen LogP contribution in [0.5, 0.6) is 0 Å². The second-order valence-electron chi connectivity index (χ2n) is 6.09. The van der Waals surface area contributed by atoms with Crippen LogP contribution in [0.2, 0.25) is 0 Å². The van der Waals surface area contributed by atoms with Gasteiger partial charge in [0.2, 0.25) is 0 Å². The maximum absolute atomic E-state index is 12.3. The van der Waals surface area contributed by atoms with Crippen LogP contribution >= 0.6 is 11.3 Å². The highest BCUT2D eigenvalue weighted by molar-refractivity contribution is 7.14. The van der Waals surface area contributed by atoms with E-state index in [-0.39, 0.29) is 5.91 Å². The zero-order valence-electron chi connectivity index (χ0n) is 14.6. The number of aryl methyl sites for hydroxylation is 3. The van der Waals surface area contributed by atoms with Crippen molar-refractivity contribution in [3.8, 4) is 0 Å². The molecule has 1 aromatic heterocycles. The number of nitrogens with zero attached hydrogens (tertiary/aromatic N) is 1. The first-order valence-corrected chi connectivity index (χ1v) is 9.03. The number of carbonyl (C=O) groups excluding carboxylic acids is 1. The van der Waals surface area contributed by atoms with Gasteiger partial charge in [0.25, 0.3) is 5.91 Å². The summed E-state index contributed by atoms with van der Waals surface area (Å²) in [4.78, 5) is 16.7. The summed E-state index contributed by atoms with van der Waals surface area (Å²) in [7, 11) is 0. The van der Waals surface area contributed by atoms with E-state index in [1.807, 2.05) is 37.3 Å². The topological polar surface area (TPSA) is 54.0 Å². The van der Waals surface area contributed by atoms with Gasteiger partial charge in [0.15, 0.2) is 5.13 Å². The van der Waals surface area contributed by atoms with Gasteiger partial charge in [-0.1, -0.05) is 42.0 Å². The van der Waals surface area contributed by atoms with Crippen molar-refractivity contribution in [2.24, 2.45) is 0 Å². The Labute approximate surface area is 151 Å². The number of nitrogens with one attached hydrogen (secondary N) is 2. The number of hydrogen-bond acceptors (Lipinski definition) is 4. The lowest BCUT2D eigenvalue weighted by molar-refractivity contribution is 0.0946. The van der Waals surface area contributed by atoms with E-state index in [9.17, 15) is 4.79 Å². The van der Waals surface area contributed by atoms with Crippen molar-refractivity contribution in [2.75, 3.05) is 5.32 Å². The summed E-state index contributed by atoms with van der Waals surface area (Å²) in [6.45, 7) is 6.66. The van der Waals surface area contributed by atoms with Gasteiger partial charge in [-0.2, -0.15) is 0 Å². The molecule has 0 radical (unpaired) electrons. The van der Waals surface area contributed by atoms with Crippen LogP contribution in [0.4, 0.5) is 10.8 Å². The number of aromatic nitrogens is 1. The third-order valence-electron chi connectivity index (χ3n) is 4.06. The fourth-order valence-electron chi connectivity index (χ4n) is 2.58.